The van der Waals surface area contributed by atoms with Gasteiger partial charge in [-0.25, -0.2) is 0 Å². The summed E-state index contributed by atoms with van der Waals surface area (Å²) in [6, 6.07) is 67.7. The van der Waals surface area contributed by atoms with Gasteiger partial charge in [0.25, 0.3) is 11.8 Å². The van der Waals surface area contributed by atoms with Crippen molar-refractivity contribution >= 4 is 79.9 Å². The predicted octanol–water partition coefficient (Wildman–Crippen LogP) is 19.0. The standard InChI is InChI=1S/C62H57N3O2S3/c1-2-3-4-5-6-7-8-9-10-23-44-63-61(66)57-58(62(63)67)60(56-43-41-54(69-56)46-34-38-52(39-35-46)65(49-28-19-13-20-29-49)50-30-21-14-22-31-50)70-59(57)55-42-40-53(68-55)45-32-36-51(37-33-45)64(47-24-15-11-16-25-47)48-26-17-12-18-27-48/h11-22,24-43H,2-10,23,44H2,1H3. The molecule has 0 atom stereocenters. The van der Waals surface area contributed by atoms with Gasteiger partial charge in [-0.3, -0.25) is 14.5 Å². The summed E-state index contributed by atoms with van der Waals surface area (Å²) in [7, 11) is 0. The summed E-state index contributed by atoms with van der Waals surface area (Å²) in [4.78, 5) is 41.2. The van der Waals surface area contributed by atoms with Crippen LogP contribution in [0, 0.1) is 0 Å². The lowest BCUT2D eigenvalue weighted by Crippen LogP contribution is -2.31. The normalized spacial score (nSPS) is 12.2. The number of carbonyl (C=O) groups is 2. The largest absolute Gasteiger partial charge is 0.311 e. The van der Waals surface area contributed by atoms with E-state index in [0.29, 0.717) is 17.7 Å². The quantitative estimate of drug-likeness (QED) is 0.0532. The highest BCUT2D eigenvalue weighted by atomic mass is 32.1. The van der Waals surface area contributed by atoms with Gasteiger partial charge in [0.2, 0.25) is 0 Å². The molecule has 0 fully saturated rings. The Morgan fingerprint density at radius 3 is 1.01 bits per heavy atom. The summed E-state index contributed by atoms with van der Waals surface area (Å²) in [5.41, 5.74) is 9.82. The van der Waals surface area contributed by atoms with Crippen LogP contribution in [0.1, 0.15) is 91.8 Å². The van der Waals surface area contributed by atoms with Crippen molar-refractivity contribution in [3.63, 3.8) is 0 Å². The van der Waals surface area contributed by atoms with Crippen molar-refractivity contribution in [2.75, 3.05) is 16.3 Å². The molecule has 0 spiro atoms. The van der Waals surface area contributed by atoms with Crippen LogP contribution >= 0.6 is 34.0 Å². The maximum atomic E-state index is 14.6. The minimum Gasteiger partial charge on any atom is -0.311 e. The van der Waals surface area contributed by atoms with Gasteiger partial charge in [-0.2, -0.15) is 0 Å². The van der Waals surface area contributed by atoms with Gasteiger partial charge in [-0.15, -0.1) is 34.0 Å². The number of rotatable bonds is 21. The van der Waals surface area contributed by atoms with Gasteiger partial charge >= 0.3 is 0 Å². The van der Waals surface area contributed by atoms with Crippen molar-refractivity contribution in [2.24, 2.45) is 0 Å². The molecule has 9 aromatic rings. The summed E-state index contributed by atoms with van der Waals surface area (Å²) < 4.78 is 0. The molecule has 1 aliphatic rings. The van der Waals surface area contributed by atoms with Crippen molar-refractivity contribution in [2.45, 2.75) is 71.1 Å². The van der Waals surface area contributed by atoms with E-state index in [1.54, 1.807) is 34.0 Å². The van der Waals surface area contributed by atoms with Crippen LogP contribution < -0.4 is 9.80 Å². The molecule has 10 rings (SSSR count). The minimum absolute atomic E-state index is 0.164. The molecule has 0 bridgehead atoms. The van der Waals surface area contributed by atoms with E-state index in [1.807, 2.05) is 24.3 Å². The molecular weight excluding hydrogens is 915 g/mol. The first-order valence-corrected chi connectivity index (χ1v) is 27.3. The molecule has 8 heteroatoms. The lowest BCUT2D eigenvalue weighted by Gasteiger charge is -2.25. The highest BCUT2D eigenvalue weighted by Crippen LogP contribution is 2.51. The van der Waals surface area contributed by atoms with Crippen LogP contribution in [0.25, 0.3) is 40.4 Å². The molecule has 0 unspecified atom stereocenters. The van der Waals surface area contributed by atoms with E-state index in [2.05, 4.69) is 187 Å². The third-order valence-corrected chi connectivity index (χ3v) is 16.9. The predicted molar refractivity (Wildman–Crippen MR) is 298 cm³/mol. The Bertz CT molecular complexity index is 2850. The lowest BCUT2D eigenvalue weighted by molar-refractivity contribution is 0.0652. The first-order chi connectivity index (χ1) is 34.6. The minimum atomic E-state index is -0.164. The van der Waals surface area contributed by atoms with E-state index < -0.39 is 0 Å². The molecule has 0 aliphatic carbocycles. The Hall–Kier alpha value is -6.84. The first-order valence-electron chi connectivity index (χ1n) is 24.8. The van der Waals surface area contributed by atoms with Crippen LogP contribution in [0.3, 0.4) is 0 Å². The van der Waals surface area contributed by atoms with Crippen molar-refractivity contribution in [3.05, 3.63) is 205 Å². The number of fused-ring (bicyclic) bond motifs is 1. The number of imide groups is 1. The van der Waals surface area contributed by atoms with Crippen molar-refractivity contribution in [3.8, 4) is 40.4 Å². The topological polar surface area (TPSA) is 43.9 Å². The lowest BCUT2D eigenvalue weighted by atomic mass is 10.1. The van der Waals surface area contributed by atoms with Gasteiger partial charge in [0.15, 0.2) is 0 Å². The zero-order valence-electron chi connectivity index (χ0n) is 39.6. The zero-order chi connectivity index (χ0) is 47.7. The molecule has 3 aromatic heterocycles. The van der Waals surface area contributed by atoms with Gasteiger partial charge in [0, 0.05) is 60.2 Å². The fourth-order valence-electron chi connectivity index (χ4n) is 9.49. The molecule has 0 saturated carbocycles. The summed E-state index contributed by atoms with van der Waals surface area (Å²) in [5.74, 6) is -0.327. The summed E-state index contributed by atoms with van der Waals surface area (Å²) in [6.45, 7) is 2.70. The first kappa shape index (κ1) is 46.9. The van der Waals surface area contributed by atoms with Gasteiger partial charge in [-0.1, -0.05) is 162 Å². The van der Waals surface area contributed by atoms with E-state index in [0.717, 1.165) is 93.8 Å². The van der Waals surface area contributed by atoms with Gasteiger partial charge in [0.1, 0.15) is 0 Å². The van der Waals surface area contributed by atoms with Crippen LogP contribution in [0.2, 0.25) is 0 Å². The maximum Gasteiger partial charge on any atom is 0.263 e. The summed E-state index contributed by atoms with van der Waals surface area (Å²) >= 11 is 4.93. The van der Waals surface area contributed by atoms with Crippen molar-refractivity contribution in [1.29, 1.82) is 0 Å². The Morgan fingerprint density at radius 2 is 0.657 bits per heavy atom. The van der Waals surface area contributed by atoms with E-state index in [4.69, 9.17) is 0 Å². The Labute approximate surface area is 425 Å². The molecule has 6 aromatic carbocycles. The molecule has 4 heterocycles. The number of amides is 2. The van der Waals surface area contributed by atoms with Gasteiger partial charge < -0.3 is 9.80 Å². The van der Waals surface area contributed by atoms with Crippen LogP contribution in [0.4, 0.5) is 34.1 Å². The number of nitrogens with zero attached hydrogens (tertiary/aromatic N) is 3. The van der Waals surface area contributed by atoms with E-state index >= 15 is 0 Å². The summed E-state index contributed by atoms with van der Waals surface area (Å²) in [5, 5.41) is 0. The summed E-state index contributed by atoms with van der Waals surface area (Å²) in [6.07, 6.45) is 12.0. The number of unbranched alkanes of at least 4 members (excludes halogenated alkanes) is 9. The molecule has 0 radical (unpaired) electrons. The van der Waals surface area contributed by atoms with Crippen LogP contribution in [0.5, 0.6) is 0 Å². The van der Waals surface area contributed by atoms with Crippen molar-refractivity contribution < 1.29 is 9.59 Å². The SMILES string of the molecule is CCCCCCCCCCCCN1C(=O)c2c(-c3ccc(-c4ccc(N(c5ccccc5)c5ccccc5)cc4)s3)sc(-c3ccc(-c4ccc(N(c5ccccc5)c5ccccc5)cc4)s3)c2C1=O. The third-order valence-electron chi connectivity index (χ3n) is 13.1. The Kier molecular flexibility index (Phi) is 14.9. The molecule has 5 nitrogen and oxygen atoms in total. The average molecular weight is 972 g/mol. The third kappa shape index (κ3) is 10.2. The number of hydrogen-bond acceptors (Lipinski definition) is 7. The Morgan fingerprint density at radius 1 is 0.343 bits per heavy atom. The van der Waals surface area contributed by atoms with E-state index in [1.165, 1.54) is 49.8 Å². The number of hydrogen-bond donors (Lipinski definition) is 0. The van der Waals surface area contributed by atoms with Crippen LogP contribution in [-0.4, -0.2) is 23.3 Å². The van der Waals surface area contributed by atoms with Crippen LogP contribution in [-0.2, 0) is 0 Å². The molecule has 0 saturated heterocycles. The second-order valence-corrected chi connectivity index (χ2v) is 21.1. The second kappa shape index (κ2) is 22.3. The fraction of sp³-hybridized carbons (Fsp3) is 0.194. The molecule has 350 valence electrons. The molecule has 2 amide bonds. The average Bonchev–Trinajstić information content (AvgIpc) is 4.23. The number of thiophene rings is 3. The number of carbonyl (C=O) groups excluding carboxylic acids is 2. The van der Waals surface area contributed by atoms with Gasteiger partial charge in [-0.05, 0) is 115 Å². The fourth-order valence-corrected chi connectivity index (χ4v) is 13.0. The molecule has 0 N–H and O–H groups in total. The highest BCUT2D eigenvalue weighted by molar-refractivity contribution is 7.28. The molecule has 70 heavy (non-hydrogen) atoms. The van der Waals surface area contributed by atoms with Crippen molar-refractivity contribution in [1.82, 2.24) is 4.90 Å². The molecule has 1 aliphatic heterocycles. The zero-order valence-corrected chi connectivity index (χ0v) is 42.1. The van der Waals surface area contributed by atoms with E-state index in [9.17, 15) is 9.59 Å². The molecular formula is C62H57N3O2S3. The highest BCUT2D eigenvalue weighted by Gasteiger charge is 2.42. The number of para-hydroxylation sites is 4. The van der Waals surface area contributed by atoms with Gasteiger partial charge in [0.05, 0.1) is 20.9 Å². The number of anilines is 6. The second-order valence-electron chi connectivity index (χ2n) is 17.9. The van der Waals surface area contributed by atoms with E-state index in [-0.39, 0.29) is 11.8 Å². The maximum absolute atomic E-state index is 14.6. The van der Waals surface area contributed by atoms with Crippen LogP contribution in [0.15, 0.2) is 194 Å². The Balaban J connectivity index is 0.928. The monoisotopic (exact) mass is 971 g/mol. The number of benzene rings is 6. The smallest absolute Gasteiger partial charge is 0.263 e.